The van der Waals surface area contributed by atoms with E-state index in [1.54, 1.807) is 0 Å². The average molecular weight is 321 g/mol. The van der Waals surface area contributed by atoms with E-state index in [1.807, 2.05) is 0 Å². The van der Waals surface area contributed by atoms with Crippen molar-refractivity contribution in [1.29, 1.82) is 0 Å². The topological polar surface area (TPSA) is 66.4 Å². The van der Waals surface area contributed by atoms with Crippen molar-refractivity contribution < 1.29 is 14.7 Å². The fourth-order valence-electron chi connectivity index (χ4n) is 5.73. The summed E-state index contributed by atoms with van der Waals surface area (Å²) in [5, 5.41) is 12.4. The number of rotatable bonds is 8. The molecule has 0 aromatic heterocycles. The lowest BCUT2D eigenvalue weighted by Gasteiger charge is -2.55. The predicted octanol–water partition coefficient (Wildman–Crippen LogP) is 3.74. The van der Waals surface area contributed by atoms with Crippen molar-refractivity contribution in [1.82, 2.24) is 5.32 Å². The number of hydrogen-bond donors (Lipinski definition) is 2. The second-order valence-electron chi connectivity index (χ2n) is 8.41. The molecule has 4 rings (SSSR count). The van der Waals surface area contributed by atoms with Gasteiger partial charge in [0.2, 0.25) is 5.91 Å². The number of carbonyl (C=O) groups is 2. The molecule has 1 amide bonds. The second-order valence-corrected chi connectivity index (χ2v) is 8.41. The standard InChI is InChI=1S/C19H31NO3/c1-2-3-4-5-6-16(17(21)22)20-18(23)19-10-13-7-14(11-19)9-15(8-13)12-19/h13-16H,2-12H2,1H3,(H,20,23)(H,21,22)/t13?,14?,15?,16-,19?/m0/s1. The Morgan fingerprint density at radius 1 is 1.04 bits per heavy atom. The summed E-state index contributed by atoms with van der Waals surface area (Å²) in [5.74, 6) is 1.29. The van der Waals surface area contributed by atoms with Crippen LogP contribution in [0, 0.1) is 23.2 Å². The molecule has 4 fully saturated rings. The molecule has 1 atom stereocenters. The first-order chi connectivity index (χ1) is 11.0. The molecule has 0 saturated heterocycles. The van der Waals surface area contributed by atoms with E-state index in [2.05, 4.69) is 12.2 Å². The van der Waals surface area contributed by atoms with Gasteiger partial charge in [-0.3, -0.25) is 4.79 Å². The van der Waals surface area contributed by atoms with Crippen LogP contribution in [0.25, 0.3) is 0 Å². The summed E-state index contributed by atoms with van der Waals surface area (Å²) >= 11 is 0. The van der Waals surface area contributed by atoms with E-state index < -0.39 is 12.0 Å². The number of carboxylic acids is 1. The number of aliphatic carboxylic acids is 1. The summed E-state index contributed by atoms with van der Waals surface area (Å²) in [6.07, 6.45) is 11.6. The van der Waals surface area contributed by atoms with E-state index >= 15 is 0 Å². The zero-order valence-electron chi connectivity index (χ0n) is 14.4. The Bertz CT molecular complexity index is 424. The minimum atomic E-state index is -0.875. The molecular formula is C19H31NO3. The normalized spacial score (nSPS) is 36.0. The van der Waals surface area contributed by atoms with Crippen LogP contribution in [0.2, 0.25) is 0 Å². The summed E-state index contributed by atoms with van der Waals surface area (Å²) < 4.78 is 0. The third-order valence-electron chi connectivity index (χ3n) is 6.47. The van der Waals surface area contributed by atoms with E-state index in [0.29, 0.717) is 24.2 Å². The van der Waals surface area contributed by atoms with Crippen molar-refractivity contribution in [2.24, 2.45) is 23.2 Å². The van der Waals surface area contributed by atoms with Gasteiger partial charge in [0, 0.05) is 5.41 Å². The Balaban J connectivity index is 1.59. The molecule has 4 nitrogen and oxygen atoms in total. The van der Waals surface area contributed by atoms with Crippen molar-refractivity contribution >= 4 is 11.9 Å². The summed E-state index contributed by atoms with van der Waals surface area (Å²) in [6, 6.07) is -0.702. The minimum Gasteiger partial charge on any atom is -0.480 e. The molecule has 0 spiro atoms. The highest BCUT2D eigenvalue weighted by molar-refractivity contribution is 5.87. The van der Waals surface area contributed by atoms with Crippen LogP contribution >= 0.6 is 0 Å². The maximum absolute atomic E-state index is 12.9. The highest BCUT2D eigenvalue weighted by Gasteiger charge is 2.54. The summed E-state index contributed by atoms with van der Waals surface area (Å²) in [6.45, 7) is 2.14. The minimum absolute atomic E-state index is 0.0412. The Hall–Kier alpha value is -1.06. The fraction of sp³-hybridized carbons (Fsp3) is 0.895. The number of nitrogens with one attached hydrogen (secondary N) is 1. The maximum Gasteiger partial charge on any atom is 0.326 e. The van der Waals surface area contributed by atoms with E-state index in [9.17, 15) is 14.7 Å². The molecule has 0 aliphatic heterocycles. The predicted molar refractivity (Wildman–Crippen MR) is 88.9 cm³/mol. The molecule has 4 bridgehead atoms. The van der Waals surface area contributed by atoms with Gasteiger partial charge in [0.05, 0.1) is 0 Å². The van der Waals surface area contributed by atoms with Gasteiger partial charge in [-0.05, 0) is 62.7 Å². The van der Waals surface area contributed by atoms with Gasteiger partial charge in [0.25, 0.3) is 0 Å². The summed E-state index contributed by atoms with van der Waals surface area (Å²) in [4.78, 5) is 24.4. The van der Waals surface area contributed by atoms with Crippen molar-refractivity contribution in [3.8, 4) is 0 Å². The quantitative estimate of drug-likeness (QED) is 0.669. The van der Waals surface area contributed by atoms with Gasteiger partial charge in [0.1, 0.15) is 6.04 Å². The van der Waals surface area contributed by atoms with Crippen molar-refractivity contribution in [2.75, 3.05) is 0 Å². The first kappa shape index (κ1) is 16.8. The van der Waals surface area contributed by atoms with Crippen LogP contribution in [0.3, 0.4) is 0 Å². The van der Waals surface area contributed by atoms with E-state index in [4.69, 9.17) is 0 Å². The molecule has 4 heteroatoms. The molecule has 0 heterocycles. The van der Waals surface area contributed by atoms with E-state index in [-0.39, 0.29) is 11.3 Å². The monoisotopic (exact) mass is 321 g/mol. The van der Waals surface area contributed by atoms with E-state index in [1.165, 1.54) is 19.3 Å². The molecule has 23 heavy (non-hydrogen) atoms. The molecule has 4 saturated carbocycles. The lowest BCUT2D eigenvalue weighted by atomic mass is 9.49. The van der Waals surface area contributed by atoms with Crippen molar-refractivity contribution in [3.05, 3.63) is 0 Å². The number of amides is 1. The molecule has 2 N–H and O–H groups in total. The zero-order valence-corrected chi connectivity index (χ0v) is 14.4. The number of carbonyl (C=O) groups excluding carboxylic acids is 1. The van der Waals surface area contributed by atoms with Gasteiger partial charge < -0.3 is 10.4 Å². The van der Waals surface area contributed by atoms with Crippen LogP contribution < -0.4 is 5.32 Å². The van der Waals surface area contributed by atoms with Crippen LogP contribution in [0.1, 0.15) is 77.6 Å². The molecule has 0 aromatic carbocycles. The van der Waals surface area contributed by atoms with Gasteiger partial charge in [-0.2, -0.15) is 0 Å². The lowest BCUT2D eigenvalue weighted by molar-refractivity contribution is -0.151. The molecule has 4 aliphatic carbocycles. The number of carboxylic acid groups (broad SMARTS) is 1. The third kappa shape index (κ3) is 3.56. The lowest BCUT2D eigenvalue weighted by Crippen LogP contribution is -2.56. The third-order valence-corrected chi connectivity index (χ3v) is 6.47. The highest BCUT2D eigenvalue weighted by atomic mass is 16.4. The van der Waals surface area contributed by atoms with Crippen molar-refractivity contribution in [3.63, 3.8) is 0 Å². The first-order valence-electron chi connectivity index (χ1n) is 9.56. The molecule has 0 aromatic rings. The van der Waals surface area contributed by atoms with Crippen LogP contribution in [0.5, 0.6) is 0 Å². The Kier molecular flexibility index (Phi) is 4.98. The van der Waals surface area contributed by atoms with Crippen LogP contribution in [0.15, 0.2) is 0 Å². The first-order valence-corrected chi connectivity index (χ1v) is 9.56. The Morgan fingerprint density at radius 3 is 2.09 bits per heavy atom. The van der Waals surface area contributed by atoms with Gasteiger partial charge in [-0.15, -0.1) is 0 Å². The van der Waals surface area contributed by atoms with Gasteiger partial charge in [-0.1, -0.05) is 32.6 Å². The molecule has 0 unspecified atom stereocenters. The van der Waals surface area contributed by atoms with Gasteiger partial charge in [-0.25, -0.2) is 4.79 Å². The van der Waals surface area contributed by atoms with E-state index in [0.717, 1.165) is 44.9 Å². The van der Waals surface area contributed by atoms with Crippen LogP contribution in [0.4, 0.5) is 0 Å². The zero-order chi connectivity index (χ0) is 16.4. The van der Waals surface area contributed by atoms with Crippen LogP contribution in [-0.2, 0) is 9.59 Å². The van der Waals surface area contributed by atoms with Crippen molar-refractivity contribution in [2.45, 2.75) is 83.6 Å². The summed E-state index contributed by atoms with van der Waals surface area (Å²) in [5.41, 5.74) is -0.244. The van der Waals surface area contributed by atoms with Gasteiger partial charge >= 0.3 is 5.97 Å². The second kappa shape index (κ2) is 6.82. The summed E-state index contributed by atoms with van der Waals surface area (Å²) in [7, 11) is 0. The number of unbranched alkanes of at least 4 members (excludes halogenated alkanes) is 3. The Labute approximate surface area is 139 Å². The molecule has 130 valence electrons. The molecular weight excluding hydrogens is 290 g/mol. The SMILES string of the molecule is CCCCCC[C@H](NC(=O)C12CC3CC(CC(C3)C1)C2)C(=O)O. The average Bonchev–Trinajstić information content (AvgIpc) is 2.48. The number of hydrogen-bond acceptors (Lipinski definition) is 2. The molecule has 0 radical (unpaired) electrons. The van der Waals surface area contributed by atoms with Gasteiger partial charge in [0.15, 0.2) is 0 Å². The largest absolute Gasteiger partial charge is 0.480 e. The Morgan fingerprint density at radius 2 is 1.61 bits per heavy atom. The maximum atomic E-state index is 12.9. The smallest absolute Gasteiger partial charge is 0.326 e. The molecule has 4 aliphatic rings. The highest BCUT2D eigenvalue weighted by Crippen LogP contribution is 2.60. The fourth-order valence-corrected chi connectivity index (χ4v) is 5.73. The van der Waals surface area contributed by atoms with Crippen LogP contribution in [-0.4, -0.2) is 23.0 Å².